The van der Waals surface area contributed by atoms with E-state index in [0.29, 0.717) is 48.9 Å². The molecule has 3 saturated heterocycles. The van der Waals surface area contributed by atoms with E-state index < -0.39 is 34.8 Å². The smallest absolute Gasteiger partial charge is 0.281 e. The highest BCUT2D eigenvalue weighted by atomic mass is 79.9. The average Bonchev–Trinajstić information content (AvgIpc) is 3.43. The first-order valence-electron chi connectivity index (χ1n) is 20.1. The number of piperidine rings is 2. The Balaban J connectivity index is 0.838. The van der Waals surface area contributed by atoms with Gasteiger partial charge in [-0.3, -0.25) is 29.2 Å². The lowest BCUT2D eigenvalue weighted by Crippen LogP contribution is -2.52. The van der Waals surface area contributed by atoms with Crippen molar-refractivity contribution in [3.63, 3.8) is 0 Å². The molecule has 14 heteroatoms. The van der Waals surface area contributed by atoms with Crippen LogP contribution in [0.25, 0.3) is 16.6 Å². The molecule has 0 spiro atoms. The number of nitrogens with one attached hydrogen (secondary N) is 1. The fraction of sp³-hybridized carbons (Fsp3) is 0.409. The van der Waals surface area contributed by atoms with Gasteiger partial charge in [-0.15, -0.1) is 0 Å². The molecule has 11 nitrogen and oxygen atoms in total. The molecule has 0 aliphatic carbocycles. The molecule has 6 heterocycles. The minimum absolute atomic E-state index is 0.0370. The zero-order valence-electron chi connectivity index (χ0n) is 32.8. The zero-order chi connectivity index (χ0) is 40.5. The zero-order valence-corrected chi connectivity index (χ0v) is 34.4. The van der Waals surface area contributed by atoms with E-state index in [9.17, 15) is 14.4 Å². The minimum atomic E-state index is -1.01. The Bertz CT molecular complexity index is 2500. The first-order chi connectivity index (χ1) is 27.9. The molecule has 1 unspecified atom stereocenters. The van der Waals surface area contributed by atoms with Crippen LogP contribution in [-0.2, 0) is 21.5 Å². The number of carbonyl (C=O) groups excluding carboxylic acids is 2. The van der Waals surface area contributed by atoms with Gasteiger partial charge < -0.3 is 9.80 Å². The maximum atomic E-state index is 15.2. The monoisotopic (exact) mass is 850 g/mol. The van der Waals surface area contributed by atoms with Gasteiger partial charge in [-0.2, -0.15) is 4.98 Å². The summed E-state index contributed by atoms with van der Waals surface area (Å²) in [6.07, 6.45) is 6.31. The minimum Gasteiger partial charge on any atom is -0.366 e. The van der Waals surface area contributed by atoms with Crippen LogP contribution in [0.2, 0.25) is 0 Å². The van der Waals surface area contributed by atoms with Gasteiger partial charge in [-0.25, -0.2) is 18.7 Å². The number of benzene rings is 3. The molecule has 2 aromatic heterocycles. The van der Waals surface area contributed by atoms with Gasteiger partial charge in [0.1, 0.15) is 17.5 Å². The largest absolute Gasteiger partial charge is 0.366 e. The highest BCUT2D eigenvalue weighted by molar-refractivity contribution is 9.10. The SMILES string of the molecule is CC[C@@H]1CN(Cc2cnc(N3CCC(c4cc(F)c(C5CCC(=O)NC5=O)c(F)c4)CC3)nc2)CCN1c1ccc2c(c1)-n1c(nc(=O)c3c(Br)cccc31)C2(C)C. The third kappa shape index (κ3) is 6.67. The number of halogens is 3. The molecule has 300 valence electrons. The number of piperazine rings is 1. The highest BCUT2D eigenvalue weighted by Gasteiger charge is 2.40. The third-order valence-electron chi connectivity index (χ3n) is 12.7. The summed E-state index contributed by atoms with van der Waals surface area (Å²) < 4.78 is 33.4. The van der Waals surface area contributed by atoms with Gasteiger partial charge >= 0.3 is 0 Å². The second-order valence-corrected chi connectivity index (χ2v) is 17.4. The van der Waals surface area contributed by atoms with Crippen LogP contribution in [0.15, 0.2) is 70.2 Å². The van der Waals surface area contributed by atoms with Crippen molar-refractivity contribution in [2.45, 2.75) is 82.7 Å². The number of amides is 2. The molecule has 0 radical (unpaired) electrons. The quantitative estimate of drug-likeness (QED) is 0.176. The summed E-state index contributed by atoms with van der Waals surface area (Å²) in [7, 11) is 0. The lowest BCUT2D eigenvalue weighted by Gasteiger charge is -2.43. The van der Waals surface area contributed by atoms with E-state index in [-0.39, 0.29) is 29.9 Å². The normalized spacial score (nSPS) is 21.0. The summed E-state index contributed by atoms with van der Waals surface area (Å²) in [4.78, 5) is 58.2. The van der Waals surface area contributed by atoms with Gasteiger partial charge in [0, 0.05) is 85.4 Å². The number of aromatic nitrogens is 4. The van der Waals surface area contributed by atoms with E-state index in [1.54, 1.807) is 0 Å². The van der Waals surface area contributed by atoms with Crippen molar-refractivity contribution in [2.75, 3.05) is 42.5 Å². The Morgan fingerprint density at radius 3 is 2.38 bits per heavy atom. The van der Waals surface area contributed by atoms with E-state index in [1.165, 1.54) is 12.1 Å². The van der Waals surface area contributed by atoms with Crippen molar-refractivity contribution in [1.29, 1.82) is 0 Å². The summed E-state index contributed by atoms with van der Waals surface area (Å²) in [6, 6.07) is 15.5. The number of hydrogen-bond acceptors (Lipinski definition) is 9. The molecular formula is C44H45BrF2N8O3. The Hall–Kier alpha value is -5.08. The van der Waals surface area contributed by atoms with Gasteiger partial charge in [0.25, 0.3) is 5.56 Å². The average molecular weight is 852 g/mol. The van der Waals surface area contributed by atoms with E-state index in [4.69, 9.17) is 9.97 Å². The van der Waals surface area contributed by atoms with Crippen LogP contribution in [0.5, 0.6) is 0 Å². The molecule has 1 N–H and O–H groups in total. The predicted molar refractivity (Wildman–Crippen MR) is 222 cm³/mol. The van der Waals surface area contributed by atoms with E-state index in [2.05, 4.69) is 84.5 Å². The van der Waals surface area contributed by atoms with Gasteiger partial charge in [0.2, 0.25) is 17.8 Å². The maximum Gasteiger partial charge on any atom is 0.281 e. The lowest BCUT2D eigenvalue weighted by molar-refractivity contribution is -0.134. The van der Waals surface area contributed by atoms with Crippen LogP contribution < -0.4 is 20.7 Å². The van der Waals surface area contributed by atoms with Crippen molar-refractivity contribution >= 4 is 50.3 Å². The second-order valence-electron chi connectivity index (χ2n) is 16.6. The number of hydrogen-bond donors (Lipinski definition) is 1. The Labute approximate surface area is 343 Å². The van der Waals surface area contributed by atoms with Crippen LogP contribution in [0, 0.1) is 11.6 Å². The fourth-order valence-corrected chi connectivity index (χ4v) is 10.1. The van der Waals surface area contributed by atoms with Gasteiger partial charge in [-0.05, 0) is 109 Å². The molecule has 2 amide bonds. The summed E-state index contributed by atoms with van der Waals surface area (Å²) in [6.45, 7) is 11.2. The van der Waals surface area contributed by atoms with E-state index in [1.807, 2.05) is 30.6 Å². The number of imide groups is 1. The molecule has 5 aromatic rings. The topological polar surface area (TPSA) is 117 Å². The van der Waals surface area contributed by atoms with E-state index in [0.717, 1.165) is 70.9 Å². The lowest BCUT2D eigenvalue weighted by atomic mass is 9.85. The van der Waals surface area contributed by atoms with Crippen LogP contribution in [-0.4, -0.2) is 75.0 Å². The number of fused-ring (bicyclic) bond motifs is 5. The number of rotatable bonds is 7. The van der Waals surface area contributed by atoms with Crippen LogP contribution in [0.4, 0.5) is 20.4 Å². The van der Waals surface area contributed by atoms with Crippen molar-refractivity contribution in [3.8, 4) is 5.69 Å². The van der Waals surface area contributed by atoms with Crippen molar-refractivity contribution < 1.29 is 18.4 Å². The van der Waals surface area contributed by atoms with Gasteiger partial charge in [0.05, 0.1) is 27.9 Å². The Morgan fingerprint density at radius 2 is 1.67 bits per heavy atom. The highest BCUT2D eigenvalue weighted by Crippen LogP contribution is 2.45. The summed E-state index contributed by atoms with van der Waals surface area (Å²) >= 11 is 3.59. The number of carbonyl (C=O) groups is 2. The molecule has 3 fully saturated rings. The van der Waals surface area contributed by atoms with Crippen LogP contribution >= 0.6 is 15.9 Å². The molecule has 0 saturated carbocycles. The Morgan fingerprint density at radius 1 is 0.931 bits per heavy atom. The first-order valence-corrected chi connectivity index (χ1v) is 20.9. The van der Waals surface area contributed by atoms with Crippen LogP contribution in [0.3, 0.4) is 0 Å². The predicted octanol–water partition coefficient (Wildman–Crippen LogP) is 6.86. The van der Waals surface area contributed by atoms with Crippen molar-refractivity contribution in [2.24, 2.45) is 0 Å². The fourth-order valence-electron chi connectivity index (χ4n) is 9.58. The van der Waals surface area contributed by atoms with Crippen molar-refractivity contribution in [3.05, 3.63) is 115 Å². The standard InChI is InChI=1S/C44H45BrF2N8O3/c1-4-28-24-52(16-17-54(28)29-8-10-31-36(20-29)55-35-7-5-6-32(45)39(35)41(58)51-42(55)44(31,2)3)23-25-21-48-43(49-22-25)53-14-12-26(13-15-53)27-18-33(46)38(34(47)19-27)30-9-11-37(56)50-40(30)57/h5-8,10,18-22,26,28,30H,4,9,11-17,23-24H2,1-3H3,(H,50,56,57)/t28-,30?/m1/s1. The van der Waals surface area contributed by atoms with Crippen molar-refractivity contribution in [1.82, 2.24) is 29.7 Å². The summed E-state index contributed by atoms with van der Waals surface area (Å²) in [5.74, 6) is -2.20. The molecular weight excluding hydrogens is 806 g/mol. The number of nitrogens with zero attached hydrogens (tertiary/aromatic N) is 7. The molecule has 9 rings (SSSR count). The molecule has 3 aromatic carbocycles. The Kier molecular flexibility index (Phi) is 9.90. The molecule has 0 bridgehead atoms. The second kappa shape index (κ2) is 14.9. The third-order valence-corrected chi connectivity index (χ3v) is 13.4. The molecule has 58 heavy (non-hydrogen) atoms. The van der Waals surface area contributed by atoms with Gasteiger partial charge in [0.15, 0.2) is 0 Å². The summed E-state index contributed by atoms with van der Waals surface area (Å²) in [5.41, 5.74) is 4.95. The molecule has 2 atom stereocenters. The van der Waals surface area contributed by atoms with Crippen LogP contribution in [0.1, 0.15) is 92.8 Å². The molecule has 4 aliphatic rings. The first kappa shape index (κ1) is 38.4. The van der Waals surface area contributed by atoms with Gasteiger partial charge in [-0.1, -0.05) is 19.1 Å². The maximum absolute atomic E-state index is 15.2. The molecule has 4 aliphatic heterocycles. The number of anilines is 2. The van der Waals surface area contributed by atoms with E-state index >= 15 is 8.78 Å². The summed E-state index contributed by atoms with van der Waals surface area (Å²) in [5, 5.41) is 2.78.